The first-order valence-corrected chi connectivity index (χ1v) is 5.22. The van der Waals surface area contributed by atoms with Crippen molar-refractivity contribution in [2.24, 2.45) is 0 Å². The van der Waals surface area contributed by atoms with Crippen LogP contribution in [0.2, 0.25) is 0 Å². The molecule has 1 rings (SSSR count). The lowest BCUT2D eigenvalue weighted by Crippen LogP contribution is -2.21. The lowest BCUT2D eigenvalue weighted by atomic mass is 10.2. The van der Waals surface area contributed by atoms with Gasteiger partial charge in [-0.3, -0.25) is 0 Å². The Balaban J connectivity index is 2.83. The van der Waals surface area contributed by atoms with E-state index in [-0.39, 0.29) is 18.1 Å². The van der Waals surface area contributed by atoms with Crippen LogP contribution >= 0.6 is 11.6 Å². The molecule has 0 saturated heterocycles. The van der Waals surface area contributed by atoms with E-state index >= 15 is 0 Å². The lowest BCUT2D eigenvalue weighted by molar-refractivity contribution is -0.137. The summed E-state index contributed by atoms with van der Waals surface area (Å²) < 4.78 is 50.0. The number of aliphatic hydroxyl groups is 1. The smallest absolute Gasteiger partial charge is 0.390 e. The molecule has 96 valence electrons. The van der Waals surface area contributed by atoms with E-state index in [1.807, 2.05) is 0 Å². The van der Waals surface area contributed by atoms with Gasteiger partial charge in [-0.2, -0.15) is 13.2 Å². The molecule has 0 bridgehead atoms. The zero-order chi connectivity index (χ0) is 13.1. The molecule has 0 spiro atoms. The summed E-state index contributed by atoms with van der Waals surface area (Å²) in [6, 6.07) is 2.09. The second kappa shape index (κ2) is 5.55. The number of hydrogen-bond donors (Lipinski definition) is 2. The summed E-state index contributed by atoms with van der Waals surface area (Å²) in [7, 11) is 0. The lowest BCUT2D eigenvalue weighted by Gasteiger charge is -2.13. The number of hydrogen-bond acceptors (Lipinski definition) is 2. The Kier molecular flexibility index (Phi) is 4.59. The van der Waals surface area contributed by atoms with Crippen molar-refractivity contribution in [3.63, 3.8) is 0 Å². The van der Waals surface area contributed by atoms with E-state index < -0.39 is 23.7 Å². The quantitative estimate of drug-likeness (QED) is 0.652. The highest BCUT2D eigenvalue weighted by Crippen LogP contribution is 2.31. The normalized spacial score (nSPS) is 13.5. The number of nitrogens with one attached hydrogen (secondary N) is 1. The van der Waals surface area contributed by atoms with Crippen LogP contribution in [0, 0.1) is 5.82 Å². The first-order valence-electron chi connectivity index (χ1n) is 4.68. The van der Waals surface area contributed by atoms with Gasteiger partial charge in [0.1, 0.15) is 5.82 Å². The summed E-state index contributed by atoms with van der Waals surface area (Å²) in [6.45, 7) is -0.0513. The highest BCUT2D eigenvalue weighted by atomic mass is 35.5. The van der Waals surface area contributed by atoms with E-state index in [1.165, 1.54) is 0 Å². The average Bonchev–Trinajstić information content (AvgIpc) is 2.24. The molecule has 1 aromatic carbocycles. The minimum Gasteiger partial charge on any atom is -0.390 e. The predicted octanol–water partition coefficient (Wildman–Crippen LogP) is 2.86. The molecular weight excluding hydrogens is 262 g/mol. The van der Waals surface area contributed by atoms with Crippen molar-refractivity contribution in [3.8, 4) is 0 Å². The van der Waals surface area contributed by atoms with Gasteiger partial charge in [0, 0.05) is 12.2 Å². The molecule has 2 N–H and O–H groups in total. The minimum atomic E-state index is -4.61. The topological polar surface area (TPSA) is 32.3 Å². The number of rotatable bonds is 4. The minimum absolute atomic E-state index is 0.0513. The Morgan fingerprint density at radius 2 is 1.94 bits per heavy atom. The summed E-state index contributed by atoms with van der Waals surface area (Å²) in [5.41, 5.74) is -1.14. The van der Waals surface area contributed by atoms with Gasteiger partial charge in [-0.25, -0.2) is 4.39 Å². The second-order valence-electron chi connectivity index (χ2n) is 3.42. The van der Waals surface area contributed by atoms with Gasteiger partial charge in [-0.05, 0) is 18.2 Å². The van der Waals surface area contributed by atoms with E-state index in [9.17, 15) is 17.6 Å². The Morgan fingerprint density at radius 3 is 2.47 bits per heavy atom. The molecule has 0 aliphatic rings. The number of anilines is 1. The molecule has 2 nitrogen and oxygen atoms in total. The maximum absolute atomic E-state index is 12.9. The monoisotopic (exact) mass is 271 g/mol. The summed E-state index contributed by atoms with van der Waals surface area (Å²) in [6.07, 6.45) is -5.52. The van der Waals surface area contributed by atoms with Gasteiger partial charge in [0.2, 0.25) is 0 Å². The molecule has 7 heteroatoms. The van der Waals surface area contributed by atoms with Gasteiger partial charge in [-0.15, -0.1) is 11.6 Å². The molecule has 0 amide bonds. The molecule has 0 fully saturated rings. The van der Waals surface area contributed by atoms with E-state index in [4.69, 9.17) is 16.7 Å². The van der Waals surface area contributed by atoms with Gasteiger partial charge in [-0.1, -0.05) is 0 Å². The number of aliphatic hydroxyl groups excluding tert-OH is 1. The maximum atomic E-state index is 12.9. The zero-order valence-electron chi connectivity index (χ0n) is 8.56. The van der Waals surface area contributed by atoms with Crippen molar-refractivity contribution in [1.82, 2.24) is 0 Å². The molecule has 0 aromatic heterocycles. The number of benzene rings is 1. The number of alkyl halides is 4. The fraction of sp³-hybridized carbons (Fsp3) is 0.400. The van der Waals surface area contributed by atoms with Crippen LogP contribution in [-0.4, -0.2) is 23.6 Å². The van der Waals surface area contributed by atoms with Gasteiger partial charge >= 0.3 is 6.18 Å². The molecule has 0 heterocycles. The SMILES string of the molecule is OC(CCl)CNc1cc(F)cc(C(F)(F)F)c1. The van der Waals surface area contributed by atoms with Crippen LogP contribution in [0.1, 0.15) is 5.56 Å². The van der Waals surface area contributed by atoms with E-state index in [0.717, 1.165) is 12.1 Å². The van der Waals surface area contributed by atoms with Crippen molar-refractivity contribution >= 4 is 17.3 Å². The Bertz CT molecular complexity index is 383. The van der Waals surface area contributed by atoms with Crippen LogP contribution in [-0.2, 0) is 6.18 Å². The van der Waals surface area contributed by atoms with Crippen molar-refractivity contribution in [3.05, 3.63) is 29.6 Å². The number of halogens is 5. The molecule has 0 saturated carbocycles. The van der Waals surface area contributed by atoms with E-state index in [2.05, 4.69) is 5.32 Å². The maximum Gasteiger partial charge on any atom is 0.416 e. The van der Waals surface area contributed by atoms with Crippen LogP contribution in [0.4, 0.5) is 23.2 Å². The Labute approximate surface area is 100 Å². The third kappa shape index (κ3) is 4.40. The first-order chi connectivity index (χ1) is 7.82. The first kappa shape index (κ1) is 14.1. The summed E-state index contributed by atoms with van der Waals surface area (Å²) >= 11 is 5.31. The average molecular weight is 272 g/mol. The molecule has 0 aliphatic carbocycles. The van der Waals surface area contributed by atoms with Gasteiger partial charge in [0.15, 0.2) is 0 Å². The highest BCUT2D eigenvalue weighted by molar-refractivity contribution is 6.18. The predicted molar refractivity (Wildman–Crippen MR) is 56.6 cm³/mol. The van der Waals surface area contributed by atoms with Gasteiger partial charge in [0.25, 0.3) is 0 Å². The third-order valence-electron chi connectivity index (χ3n) is 1.95. The standard InChI is InChI=1S/C10H10ClF4NO/c11-4-9(17)5-16-8-2-6(10(13,14)15)1-7(12)3-8/h1-3,9,16-17H,4-5H2. The van der Waals surface area contributed by atoms with Crippen LogP contribution in [0.5, 0.6) is 0 Å². The third-order valence-corrected chi connectivity index (χ3v) is 2.30. The highest BCUT2D eigenvalue weighted by Gasteiger charge is 2.31. The fourth-order valence-electron chi connectivity index (χ4n) is 1.15. The van der Waals surface area contributed by atoms with Crippen LogP contribution < -0.4 is 5.32 Å². The Morgan fingerprint density at radius 1 is 1.29 bits per heavy atom. The Hall–Kier alpha value is -1.01. The molecule has 17 heavy (non-hydrogen) atoms. The molecule has 1 unspecified atom stereocenters. The molecule has 1 atom stereocenters. The summed E-state index contributed by atoms with van der Waals surface area (Å²) in [5.74, 6) is -1.06. The summed E-state index contributed by atoms with van der Waals surface area (Å²) in [4.78, 5) is 0. The van der Waals surface area contributed by atoms with Crippen LogP contribution in [0.25, 0.3) is 0 Å². The van der Waals surface area contributed by atoms with E-state index in [0.29, 0.717) is 6.07 Å². The van der Waals surface area contributed by atoms with Crippen molar-refractivity contribution in [2.45, 2.75) is 12.3 Å². The van der Waals surface area contributed by atoms with Crippen molar-refractivity contribution < 1.29 is 22.7 Å². The fourth-order valence-corrected chi connectivity index (χ4v) is 1.25. The zero-order valence-corrected chi connectivity index (χ0v) is 9.32. The van der Waals surface area contributed by atoms with Crippen LogP contribution in [0.15, 0.2) is 18.2 Å². The van der Waals surface area contributed by atoms with Crippen molar-refractivity contribution in [1.29, 1.82) is 0 Å². The van der Waals surface area contributed by atoms with E-state index in [1.54, 1.807) is 0 Å². The van der Waals surface area contributed by atoms with Crippen molar-refractivity contribution in [2.75, 3.05) is 17.7 Å². The summed E-state index contributed by atoms with van der Waals surface area (Å²) in [5, 5.41) is 11.6. The molecule has 0 radical (unpaired) electrons. The van der Waals surface area contributed by atoms with Gasteiger partial charge < -0.3 is 10.4 Å². The van der Waals surface area contributed by atoms with Gasteiger partial charge in [0.05, 0.1) is 17.5 Å². The second-order valence-corrected chi connectivity index (χ2v) is 3.72. The van der Waals surface area contributed by atoms with Crippen LogP contribution in [0.3, 0.4) is 0 Å². The molecule has 0 aliphatic heterocycles. The molecule has 1 aromatic rings. The molecular formula is C10H10ClF4NO. The largest absolute Gasteiger partial charge is 0.416 e.